The number of aryl methyl sites for hydroxylation is 1. The maximum Gasteiger partial charge on any atom is 0.335 e. The molecule has 8 heteroatoms. The average Bonchev–Trinajstić information content (AvgIpc) is 2.75. The Bertz CT molecular complexity index is 1080. The predicted molar refractivity (Wildman–Crippen MR) is 123 cm³/mol. The molecule has 0 unspecified atom stereocenters. The first kappa shape index (κ1) is 23.3. The molecule has 1 aliphatic heterocycles. The zero-order valence-corrected chi connectivity index (χ0v) is 19.0. The lowest BCUT2D eigenvalue weighted by Gasteiger charge is -2.27. The van der Waals surface area contributed by atoms with Gasteiger partial charge in [-0.05, 0) is 61.7 Å². The summed E-state index contributed by atoms with van der Waals surface area (Å²) < 4.78 is 11.4. The first-order chi connectivity index (χ1) is 15.3. The molecule has 32 heavy (non-hydrogen) atoms. The van der Waals surface area contributed by atoms with Gasteiger partial charge in [0.15, 0.2) is 11.5 Å². The third-order valence-corrected chi connectivity index (χ3v) is 5.08. The Kier molecular flexibility index (Phi) is 7.53. The summed E-state index contributed by atoms with van der Waals surface area (Å²) in [5.74, 6) is -0.393. The normalized spacial score (nSPS) is 15.2. The van der Waals surface area contributed by atoms with Crippen LogP contribution in [0.5, 0.6) is 11.5 Å². The summed E-state index contributed by atoms with van der Waals surface area (Å²) in [7, 11) is 0. The molecule has 0 aromatic heterocycles. The lowest BCUT2D eigenvalue weighted by atomic mass is 10.1. The number of amides is 4. The number of hydrogen-bond acceptors (Lipinski definition) is 5. The number of barbiturate groups is 1. The Morgan fingerprint density at radius 2 is 1.81 bits per heavy atom. The molecule has 168 valence electrons. The maximum atomic E-state index is 13.1. The molecular weight excluding hydrogens is 432 g/mol. The van der Waals surface area contributed by atoms with Gasteiger partial charge in [0.2, 0.25) is 0 Å². The largest absolute Gasteiger partial charge is 0.490 e. The summed E-state index contributed by atoms with van der Waals surface area (Å²) in [4.78, 5) is 39.0. The molecule has 1 saturated heterocycles. The quantitative estimate of drug-likeness (QED) is 0.347. The first-order valence-electron chi connectivity index (χ1n) is 10.4. The number of carbonyl (C=O) groups is 3. The topological polar surface area (TPSA) is 84.9 Å². The van der Waals surface area contributed by atoms with Gasteiger partial charge in [0.25, 0.3) is 11.8 Å². The summed E-state index contributed by atoms with van der Waals surface area (Å²) >= 11 is 6.06. The third-order valence-electron chi connectivity index (χ3n) is 4.85. The van der Waals surface area contributed by atoms with Crippen LogP contribution in [0.1, 0.15) is 37.8 Å². The second-order valence-electron chi connectivity index (χ2n) is 7.23. The Balaban J connectivity index is 1.96. The fraction of sp³-hybridized carbons (Fsp3) is 0.292. The fourth-order valence-corrected chi connectivity index (χ4v) is 3.36. The van der Waals surface area contributed by atoms with Gasteiger partial charge in [-0.25, -0.2) is 9.69 Å². The third kappa shape index (κ3) is 5.11. The number of imide groups is 2. The number of rotatable bonds is 8. The Morgan fingerprint density at radius 3 is 2.53 bits per heavy atom. The Morgan fingerprint density at radius 1 is 1.03 bits per heavy atom. The minimum Gasteiger partial charge on any atom is -0.490 e. The van der Waals surface area contributed by atoms with E-state index in [0.29, 0.717) is 46.5 Å². The summed E-state index contributed by atoms with van der Waals surface area (Å²) in [5.41, 5.74) is 1.37. The van der Waals surface area contributed by atoms with E-state index in [1.54, 1.807) is 37.3 Å². The molecule has 0 aliphatic carbocycles. The molecule has 0 spiro atoms. The van der Waals surface area contributed by atoms with Crippen molar-refractivity contribution in [2.24, 2.45) is 0 Å². The molecule has 2 aromatic carbocycles. The highest BCUT2D eigenvalue weighted by molar-refractivity contribution is 6.39. The van der Waals surface area contributed by atoms with Gasteiger partial charge in [0.1, 0.15) is 5.57 Å². The molecule has 3 rings (SSSR count). The molecule has 0 radical (unpaired) electrons. The number of ether oxygens (including phenoxy) is 2. The predicted octanol–water partition coefficient (Wildman–Crippen LogP) is 4.89. The van der Waals surface area contributed by atoms with E-state index in [-0.39, 0.29) is 5.57 Å². The number of carbonyl (C=O) groups excluding carboxylic acids is 3. The van der Waals surface area contributed by atoms with Gasteiger partial charge in [-0.3, -0.25) is 14.9 Å². The standard InChI is InChI=1S/C24H25ClN2O5/c1-4-6-11-32-20-10-8-16(13-21(20)31-5-2)12-18-22(28)26-24(30)27(23(18)29)19-14-17(25)9-7-15(19)3/h7-10,12-14H,4-6,11H2,1-3H3,(H,26,28,30)/b18-12+. The number of halogens is 1. The average molecular weight is 457 g/mol. The fourth-order valence-electron chi connectivity index (χ4n) is 3.19. The molecule has 1 heterocycles. The molecule has 0 saturated carbocycles. The summed E-state index contributed by atoms with van der Waals surface area (Å²) in [6.45, 7) is 6.68. The Hall–Kier alpha value is -3.32. The molecular formula is C24H25ClN2O5. The van der Waals surface area contributed by atoms with Gasteiger partial charge >= 0.3 is 6.03 Å². The first-order valence-corrected chi connectivity index (χ1v) is 10.8. The van der Waals surface area contributed by atoms with Gasteiger partial charge in [-0.15, -0.1) is 0 Å². The van der Waals surface area contributed by atoms with Gasteiger partial charge in [0, 0.05) is 5.02 Å². The van der Waals surface area contributed by atoms with Crippen molar-refractivity contribution in [2.45, 2.75) is 33.6 Å². The van der Waals surface area contributed by atoms with Gasteiger partial charge in [0.05, 0.1) is 18.9 Å². The number of unbranched alkanes of at least 4 members (excludes halogenated alkanes) is 1. The number of urea groups is 1. The number of nitrogens with one attached hydrogen (secondary N) is 1. The Labute approximate surface area is 191 Å². The van der Waals surface area contributed by atoms with E-state index in [4.69, 9.17) is 21.1 Å². The van der Waals surface area contributed by atoms with E-state index in [2.05, 4.69) is 12.2 Å². The van der Waals surface area contributed by atoms with Crippen LogP contribution in [0.25, 0.3) is 6.08 Å². The van der Waals surface area contributed by atoms with Crippen molar-refractivity contribution in [3.05, 3.63) is 58.1 Å². The van der Waals surface area contributed by atoms with Crippen molar-refractivity contribution < 1.29 is 23.9 Å². The molecule has 4 amide bonds. The van der Waals surface area contributed by atoms with Gasteiger partial charge < -0.3 is 9.47 Å². The van der Waals surface area contributed by atoms with Gasteiger partial charge in [-0.2, -0.15) is 0 Å². The van der Waals surface area contributed by atoms with Crippen molar-refractivity contribution in [2.75, 3.05) is 18.1 Å². The van der Waals surface area contributed by atoms with Crippen molar-refractivity contribution in [3.63, 3.8) is 0 Å². The molecule has 1 fully saturated rings. The lowest BCUT2D eigenvalue weighted by Crippen LogP contribution is -2.54. The zero-order valence-electron chi connectivity index (χ0n) is 18.2. The van der Waals surface area contributed by atoms with Crippen LogP contribution in [-0.2, 0) is 9.59 Å². The highest BCUT2D eigenvalue weighted by atomic mass is 35.5. The minimum atomic E-state index is -0.822. The molecule has 0 bridgehead atoms. The summed E-state index contributed by atoms with van der Waals surface area (Å²) in [6, 6.07) is 9.21. The van der Waals surface area contributed by atoms with E-state index < -0.39 is 17.8 Å². The number of hydrogen-bond donors (Lipinski definition) is 1. The van der Waals surface area contributed by atoms with Crippen molar-refractivity contribution in [3.8, 4) is 11.5 Å². The lowest BCUT2D eigenvalue weighted by molar-refractivity contribution is -0.122. The zero-order chi connectivity index (χ0) is 23.3. The van der Waals surface area contributed by atoms with Crippen molar-refractivity contribution in [1.82, 2.24) is 5.32 Å². The van der Waals surface area contributed by atoms with E-state index in [1.165, 1.54) is 12.1 Å². The van der Waals surface area contributed by atoms with Crippen molar-refractivity contribution >= 4 is 41.2 Å². The smallest absolute Gasteiger partial charge is 0.335 e. The van der Waals surface area contributed by atoms with Crippen LogP contribution in [0.4, 0.5) is 10.5 Å². The van der Waals surface area contributed by atoms with E-state index >= 15 is 0 Å². The SMILES string of the molecule is CCCCOc1ccc(/C=C2\C(=O)NC(=O)N(c3cc(Cl)ccc3C)C2=O)cc1OCC. The van der Waals surface area contributed by atoms with E-state index in [1.807, 2.05) is 6.92 Å². The second kappa shape index (κ2) is 10.3. The van der Waals surface area contributed by atoms with Crippen LogP contribution < -0.4 is 19.7 Å². The highest BCUT2D eigenvalue weighted by Gasteiger charge is 2.37. The summed E-state index contributed by atoms with van der Waals surface area (Å²) in [6.07, 6.45) is 3.35. The van der Waals surface area contributed by atoms with Crippen LogP contribution in [0.15, 0.2) is 42.0 Å². The van der Waals surface area contributed by atoms with Crippen LogP contribution in [0.2, 0.25) is 5.02 Å². The number of nitrogens with zero attached hydrogens (tertiary/aromatic N) is 1. The maximum absolute atomic E-state index is 13.1. The van der Waals surface area contributed by atoms with Crippen molar-refractivity contribution in [1.29, 1.82) is 0 Å². The molecule has 1 N–H and O–H groups in total. The molecule has 1 aliphatic rings. The van der Waals surface area contributed by atoms with Crippen LogP contribution in [-0.4, -0.2) is 31.1 Å². The molecule has 7 nitrogen and oxygen atoms in total. The minimum absolute atomic E-state index is 0.175. The number of benzene rings is 2. The van der Waals surface area contributed by atoms with Gasteiger partial charge in [-0.1, -0.05) is 37.1 Å². The van der Waals surface area contributed by atoms with Crippen LogP contribution in [0.3, 0.4) is 0 Å². The van der Waals surface area contributed by atoms with Crippen LogP contribution >= 0.6 is 11.6 Å². The van der Waals surface area contributed by atoms with Crippen LogP contribution in [0, 0.1) is 6.92 Å². The monoisotopic (exact) mass is 456 g/mol. The van der Waals surface area contributed by atoms with E-state index in [0.717, 1.165) is 17.7 Å². The number of anilines is 1. The second-order valence-corrected chi connectivity index (χ2v) is 7.67. The molecule has 0 atom stereocenters. The molecule has 2 aromatic rings. The summed E-state index contributed by atoms with van der Waals surface area (Å²) in [5, 5.41) is 2.59. The van der Waals surface area contributed by atoms with E-state index in [9.17, 15) is 14.4 Å². The highest BCUT2D eigenvalue weighted by Crippen LogP contribution is 2.31.